The highest BCUT2D eigenvalue weighted by Gasteiger charge is 2.49. The Balaban J connectivity index is 1.49. The second-order valence-electron chi connectivity index (χ2n) is 16.4. The summed E-state index contributed by atoms with van der Waals surface area (Å²) in [5.41, 5.74) is 2.41. The summed E-state index contributed by atoms with van der Waals surface area (Å²) in [7, 11) is -2.05. The minimum absolute atomic E-state index is 0.0215. The van der Waals surface area contributed by atoms with Gasteiger partial charge in [-0.25, -0.2) is 4.79 Å². The molecule has 2 aromatic rings. The van der Waals surface area contributed by atoms with E-state index in [1.165, 1.54) is 32.1 Å². The highest BCUT2D eigenvalue weighted by atomic mass is 28.4. The van der Waals surface area contributed by atoms with Gasteiger partial charge in [-0.2, -0.15) is 0 Å². The molecular formula is C41H62O6Si. The van der Waals surface area contributed by atoms with Crippen LogP contribution in [0.2, 0.25) is 18.1 Å². The molecule has 0 saturated heterocycles. The molecule has 0 bridgehead atoms. The molecule has 0 radical (unpaired) electrons. The SMILES string of the molecule is CC(CC[C@H]1C(O)C[C@H](OC(=O)c2ccc(-c3ccccc3)cc2)[C@@H]1CCCCCCC(=O)O)(O[Si](C)(C)C(C)(C)C)C1CCCCC1. The third kappa shape index (κ3) is 10.3. The number of ether oxygens (including phenoxy) is 1. The van der Waals surface area contributed by atoms with E-state index in [1.54, 1.807) is 0 Å². The van der Waals surface area contributed by atoms with Crippen molar-refractivity contribution in [2.45, 2.75) is 154 Å². The Morgan fingerprint density at radius 2 is 1.44 bits per heavy atom. The minimum Gasteiger partial charge on any atom is -0.481 e. The fourth-order valence-electron chi connectivity index (χ4n) is 7.98. The molecule has 48 heavy (non-hydrogen) atoms. The van der Waals surface area contributed by atoms with Crippen LogP contribution >= 0.6 is 0 Å². The van der Waals surface area contributed by atoms with Crippen molar-refractivity contribution in [1.29, 1.82) is 0 Å². The largest absolute Gasteiger partial charge is 0.481 e. The maximum atomic E-state index is 13.5. The molecule has 266 valence electrons. The molecule has 2 aliphatic carbocycles. The number of aliphatic hydroxyl groups excluding tert-OH is 1. The second-order valence-corrected chi connectivity index (χ2v) is 21.1. The zero-order valence-electron chi connectivity index (χ0n) is 30.5. The first-order valence-electron chi connectivity index (χ1n) is 18.7. The van der Waals surface area contributed by atoms with Crippen LogP contribution in [0.25, 0.3) is 11.1 Å². The molecule has 0 amide bonds. The van der Waals surface area contributed by atoms with Gasteiger partial charge in [0.2, 0.25) is 0 Å². The molecule has 0 spiro atoms. The van der Waals surface area contributed by atoms with Crippen molar-refractivity contribution in [2.75, 3.05) is 0 Å². The van der Waals surface area contributed by atoms with Crippen molar-refractivity contribution in [3.05, 3.63) is 60.2 Å². The molecule has 0 aliphatic heterocycles. The average molecular weight is 679 g/mol. The van der Waals surface area contributed by atoms with Gasteiger partial charge in [0.05, 0.1) is 17.3 Å². The molecule has 2 aliphatic rings. The standard InChI is InChI=1S/C41H62O6Si/c1-40(2,3)48(5,6)47-41(4,33-19-13-10-14-20-33)28-27-34-35(21-15-7-8-16-22-38(43)44)37(29-36(34)42)46-39(45)32-25-23-31(24-26-32)30-17-11-9-12-18-30/h9,11-12,17-18,23-26,33-37,42H,7-8,10,13-16,19-22,27-29H2,1-6H3,(H,43,44)/t34-,35-,36?,37+,41?/m1/s1. The van der Waals surface area contributed by atoms with E-state index in [9.17, 15) is 14.7 Å². The molecule has 0 heterocycles. The first-order valence-corrected chi connectivity index (χ1v) is 21.6. The summed E-state index contributed by atoms with van der Waals surface area (Å²) < 4.78 is 13.6. The summed E-state index contributed by atoms with van der Waals surface area (Å²) in [6.45, 7) is 14.0. The van der Waals surface area contributed by atoms with Gasteiger partial charge in [-0.15, -0.1) is 0 Å². The molecule has 2 N–H and O–H groups in total. The number of carboxylic acid groups (broad SMARTS) is 1. The number of hydrogen-bond donors (Lipinski definition) is 2. The molecular weight excluding hydrogens is 617 g/mol. The monoisotopic (exact) mass is 678 g/mol. The lowest BCUT2D eigenvalue weighted by Crippen LogP contribution is -2.52. The summed E-state index contributed by atoms with van der Waals surface area (Å²) in [6, 6.07) is 17.7. The van der Waals surface area contributed by atoms with Crippen LogP contribution in [0.15, 0.2) is 54.6 Å². The molecule has 2 unspecified atom stereocenters. The van der Waals surface area contributed by atoms with Gasteiger partial charge in [-0.05, 0) is 98.7 Å². The van der Waals surface area contributed by atoms with E-state index in [1.807, 2.05) is 42.5 Å². The van der Waals surface area contributed by atoms with Crippen LogP contribution in [0.1, 0.15) is 128 Å². The van der Waals surface area contributed by atoms with Crippen molar-refractivity contribution in [3.63, 3.8) is 0 Å². The van der Waals surface area contributed by atoms with Gasteiger partial charge < -0.3 is 19.4 Å². The van der Waals surface area contributed by atoms with Crippen molar-refractivity contribution < 1.29 is 29.0 Å². The molecule has 6 nitrogen and oxygen atoms in total. The van der Waals surface area contributed by atoms with Gasteiger partial charge in [-0.3, -0.25) is 4.79 Å². The number of carbonyl (C=O) groups is 2. The molecule has 0 aromatic heterocycles. The van der Waals surface area contributed by atoms with Gasteiger partial charge in [0, 0.05) is 18.8 Å². The quantitative estimate of drug-likeness (QED) is 0.104. The van der Waals surface area contributed by atoms with Crippen molar-refractivity contribution in [2.24, 2.45) is 17.8 Å². The Morgan fingerprint density at radius 1 is 0.812 bits per heavy atom. The predicted molar refractivity (Wildman–Crippen MR) is 197 cm³/mol. The fraction of sp³-hybridized carbons (Fsp3) is 0.659. The van der Waals surface area contributed by atoms with E-state index in [-0.39, 0.29) is 41.0 Å². The molecule has 2 saturated carbocycles. The number of hydrogen-bond acceptors (Lipinski definition) is 5. The van der Waals surface area contributed by atoms with Crippen molar-refractivity contribution in [1.82, 2.24) is 0 Å². The van der Waals surface area contributed by atoms with Crippen molar-refractivity contribution in [3.8, 4) is 11.1 Å². The van der Waals surface area contributed by atoms with Crippen LogP contribution in [0.3, 0.4) is 0 Å². The number of carboxylic acids is 1. The first-order chi connectivity index (χ1) is 22.7. The number of esters is 1. The maximum absolute atomic E-state index is 13.5. The number of rotatable bonds is 16. The van der Waals surface area contributed by atoms with E-state index in [0.717, 1.165) is 49.7 Å². The summed E-state index contributed by atoms with van der Waals surface area (Å²) in [5, 5.41) is 20.7. The molecule has 2 aromatic carbocycles. The molecule has 4 rings (SSSR count). The van der Waals surface area contributed by atoms with E-state index in [4.69, 9.17) is 14.3 Å². The van der Waals surface area contributed by atoms with Gasteiger partial charge in [0.25, 0.3) is 0 Å². The Bertz CT molecular complexity index is 1300. The van der Waals surface area contributed by atoms with Crippen LogP contribution in [0.5, 0.6) is 0 Å². The van der Waals surface area contributed by atoms with E-state index >= 15 is 0 Å². The zero-order chi connectivity index (χ0) is 35.0. The van der Waals surface area contributed by atoms with E-state index in [2.05, 4.69) is 52.9 Å². The highest BCUT2D eigenvalue weighted by Crippen LogP contribution is 2.48. The Morgan fingerprint density at radius 3 is 2.06 bits per heavy atom. The second kappa shape index (κ2) is 17.0. The summed E-state index contributed by atoms with van der Waals surface area (Å²) in [5.74, 6) is -0.506. The predicted octanol–water partition coefficient (Wildman–Crippen LogP) is 10.4. The third-order valence-corrected chi connectivity index (χ3v) is 16.5. The lowest BCUT2D eigenvalue weighted by Gasteiger charge is -2.49. The zero-order valence-corrected chi connectivity index (χ0v) is 31.5. The highest BCUT2D eigenvalue weighted by molar-refractivity contribution is 6.74. The first kappa shape index (κ1) is 38.3. The van der Waals surface area contributed by atoms with Crippen molar-refractivity contribution >= 4 is 20.3 Å². The average Bonchev–Trinajstić information content (AvgIpc) is 3.34. The number of aliphatic carboxylic acids is 1. The van der Waals surface area contributed by atoms with Crippen LogP contribution in [0.4, 0.5) is 0 Å². The molecule has 2 fully saturated rings. The van der Waals surface area contributed by atoms with Gasteiger partial charge in [0.15, 0.2) is 8.32 Å². The fourth-order valence-corrected chi connectivity index (χ4v) is 9.72. The summed E-state index contributed by atoms with van der Waals surface area (Å²) in [6.07, 6.45) is 11.9. The third-order valence-electron chi connectivity index (χ3n) is 11.9. The van der Waals surface area contributed by atoms with Gasteiger partial charge in [0.1, 0.15) is 6.10 Å². The molecule has 7 heteroatoms. The summed E-state index contributed by atoms with van der Waals surface area (Å²) in [4.78, 5) is 24.5. The number of carbonyl (C=O) groups excluding carboxylic acids is 1. The number of unbranched alkanes of at least 4 members (excludes halogenated alkanes) is 3. The van der Waals surface area contributed by atoms with Gasteiger partial charge >= 0.3 is 11.9 Å². The van der Waals surface area contributed by atoms with Crippen LogP contribution in [-0.2, 0) is 14.0 Å². The van der Waals surface area contributed by atoms with Crippen LogP contribution in [-0.4, -0.2) is 48.3 Å². The van der Waals surface area contributed by atoms with Gasteiger partial charge in [-0.1, -0.05) is 102 Å². The summed E-state index contributed by atoms with van der Waals surface area (Å²) >= 11 is 0. The number of aliphatic hydroxyl groups is 1. The van der Waals surface area contributed by atoms with Crippen LogP contribution in [0, 0.1) is 17.8 Å². The minimum atomic E-state index is -2.05. The topological polar surface area (TPSA) is 93.1 Å². The van der Waals surface area contributed by atoms with E-state index in [0.29, 0.717) is 24.3 Å². The maximum Gasteiger partial charge on any atom is 0.338 e. The Hall–Kier alpha value is -2.48. The smallest absolute Gasteiger partial charge is 0.338 e. The lowest BCUT2D eigenvalue weighted by molar-refractivity contribution is -0.137. The van der Waals surface area contributed by atoms with Crippen LogP contribution < -0.4 is 0 Å². The molecule has 5 atom stereocenters. The Labute approximate surface area is 291 Å². The normalized spacial score (nSPS) is 23.5. The number of benzene rings is 2. The lowest BCUT2D eigenvalue weighted by atomic mass is 9.73. The Kier molecular flexibility index (Phi) is 13.5. The van der Waals surface area contributed by atoms with E-state index < -0.39 is 20.4 Å².